The van der Waals surface area contributed by atoms with Gasteiger partial charge in [-0.1, -0.05) is 82.7 Å². The third kappa shape index (κ3) is 8.74. The Balaban J connectivity index is 1.81. The molecule has 0 aliphatic carbocycles. The topological polar surface area (TPSA) is 41.6 Å². The van der Waals surface area contributed by atoms with Crippen molar-refractivity contribution in [1.29, 1.82) is 0 Å². The average molecular weight is 389 g/mol. The van der Waals surface area contributed by atoms with Crippen LogP contribution < -0.4 is 5.32 Å². The third-order valence-electron chi connectivity index (χ3n) is 5.84. The number of benzene rings is 1. The van der Waals surface area contributed by atoms with Crippen molar-refractivity contribution in [1.82, 2.24) is 10.2 Å². The molecule has 1 aliphatic rings. The lowest BCUT2D eigenvalue weighted by molar-refractivity contribution is -0.122. The van der Waals surface area contributed by atoms with E-state index in [0.29, 0.717) is 12.3 Å². The number of hydrogen-bond donors (Lipinski definition) is 1. The van der Waals surface area contributed by atoms with E-state index in [2.05, 4.69) is 48.3 Å². The first kappa shape index (κ1) is 22.9. The Hall–Kier alpha value is -1.39. The summed E-state index contributed by atoms with van der Waals surface area (Å²) in [6.45, 7) is 8.85. The molecule has 0 bridgehead atoms. The first-order chi connectivity index (χ1) is 13.7. The second kappa shape index (κ2) is 13.7. The van der Waals surface area contributed by atoms with Crippen LogP contribution >= 0.6 is 0 Å². The number of ether oxygens (including phenoxy) is 1. The first-order valence-corrected chi connectivity index (χ1v) is 11.3. The van der Waals surface area contributed by atoms with Gasteiger partial charge in [0, 0.05) is 38.0 Å². The molecule has 1 aliphatic heterocycles. The van der Waals surface area contributed by atoms with Crippen LogP contribution in [0.2, 0.25) is 0 Å². The summed E-state index contributed by atoms with van der Waals surface area (Å²) in [5.41, 5.74) is 1.29. The predicted molar refractivity (Wildman–Crippen MR) is 117 cm³/mol. The number of unbranched alkanes of at least 4 members (excludes halogenated alkanes) is 6. The second-order valence-electron chi connectivity index (χ2n) is 8.16. The fraction of sp³-hybridized carbons (Fsp3) is 0.708. The lowest BCUT2D eigenvalue weighted by Gasteiger charge is -2.33. The number of rotatable bonds is 13. The van der Waals surface area contributed by atoms with Crippen LogP contribution in [0.3, 0.4) is 0 Å². The molecular formula is C24H40N2O2. The van der Waals surface area contributed by atoms with E-state index < -0.39 is 0 Å². The monoisotopic (exact) mass is 388 g/mol. The molecular weight excluding hydrogens is 348 g/mol. The number of amides is 1. The van der Waals surface area contributed by atoms with Crippen molar-refractivity contribution in [3.05, 3.63) is 35.9 Å². The number of nitrogens with zero attached hydrogens (tertiary/aromatic N) is 1. The van der Waals surface area contributed by atoms with E-state index in [1.54, 1.807) is 0 Å². The molecule has 1 aromatic rings. The maximum Gasteiger partial charge on any atom is 0.220 e. The molecule has 1 N–H and O–H groups in total. The highest BCUT2D eigenvalue weighted by molar-refractivity contribution is 5.76. The van der Waals surface area contributed by atoms with Crippen molar-refractivity contribution in [3.8, 4) is 0 Å². The summed E-state index contributed by atoms with van der Waals surface area (Å²) < 4.78 is 5.48. The Kier molecular flexibility index (Phi) is 11.2. The number of carbonyl (C=O) groups is 1. The molecule has 1 heterocycles. The molecule has 0 aromatic heterocycles. The van der Waals surface area contributed by atoms with Gasteiger partial charge in [0.15, 0.2) is 0 Å². The van der Waals surface area contributed by atoms with E-state index >= 15 is 0 Å². The molecule has 2 unspecified atom stereocenters. The Labute approximate surface area is 172 Å². The van der Waals surface area contributed by atoms with Crippen molar-refractivity contribution in [2.45, 2.75) is 77.2 Å². The van der Waals surface area contributed by atoms with Crippen LogP contribution in [0.1, 0.15) is 76.7 Å². The van der Waals surface area contributed by atoms with Crippen molar-refractivity contribution < 1.29 is 9.53 Å². The standard InChI is InChI=1S/C24H40N2O2/c1-3-4-5-6-7-8-12-15-24(27)25-23(20-26-16-18-28-19-17-26)21(2)22-13-10-9-11-14-22/h9-11,13-14,21,23H,3-8,12,15-20H2,1-2H3,(H,25,27). The number of carbonyl (C=O) groups excluding carboxylic acids is 1. The molecule has 158 valence electrons. The van der Waals surface area contributed by atoms with Crippen molar-refractivity contribution >= 4 is 5.91 Å². The summed E-state index contributed by atoms with van der Waals surface area (Å²) in [7, 11) is 0. The molecule has 4 heteroatoms. The summed E-state index contributed by atoms with van der Waals surface area (Å²) in [4.78, 5) is 15.0. The Morgan fingerprint density at radius 2 is 1.68 bits per heavy atom. The van der Waals surface area contributed by atoms with E-state index in [4.69, 9.17) is 4.74 Å². The summed E-state index contributed by atoms with van der Waals surface area (Å²) in [6.07, 6.45) is 9.33. The maximum absolute atomic E-state index is 12.6. The van der Waals surface area contributed by atoms with Gasteiger partial charge in [0.2, 0.25) is 5.91 Å². The number of nitrogens with one attached hydrogen (secondary N) is 1. The van der Waals surface area contributed by atoms with E-state index in [1.165, 1.54) is 44.1 Å². The van der Waals surface area contributed by atoms with E-state index in [-0.39, 0.29) is 11.9 Å². The van der Waals surface area contributed by atoms with Crippen LogP contribution in [0.5, 0.6) is 0 Å². The largest absolute Gasteiger partial charge is 0.379 e. The molecule has 1 saturated heterocycles. The molecule has 0 saturated carbocycles. The Morgan fingerprint density at radius 1 is 1.04 bits per heavy atom. The number of morpholine rings is 1. The molecule has 4 nitrogen and oxygen atoms in total. The molecule has 2 atom stereocenters. The van der Waals surface area contributed by atoms with E-state index in [1.807, 2.05) is 6.07 Å². The van der Waals surface area contributed by atoms with Gasteiger partial charge in [0.25, 0.3) is 0 Å². The SMILES string of the molecule is CCCCCCCCCC(=O)NC(CN1CCOCC1)C(C)c1ccccc1. The highest BCUT2D eigenvalue weighted by Crippen LogP contribution is 2.20. The fourth-order valence-corrected chi connectivity index (χ4v) is 3.90. The fourth-order valence-electron chi connectivity index (χ4n) is 3.90. The second-order valence-corrected chi connectivity index (χ2v) is 8.16. The van der Waals surface area contributed by atoms with Crippen LogP contribution in [0.25, 0.3) is 0 Å². The quantitative estimate of drug-likeness (QED) is 0.496. The van der Waals surface area contributed by atoms with Crippen molar-refractivity contribution in [3.63, 3.8) is 0 Å². The smallest absolute Gasteiger partial charge is 0.220 e. The predicted octanol–water partition coefficient (Wildman–Crippen LogP) is 4.75. The van der Waals surface area contributed by atoms with E-state index in [9.17, 15) is 4.79 Å². The molecule has 1 aromatic carbocycles. The van der Waals surface area contributed by atoms with Gasteiger partial charge >= 0.3 is 0 Å². The maximum atomic E-state index is 12.6. The van der Waals surface area contributed by atoms with Crippen LogP contribution in [0, 0.1) is 0 Å². The number of hydrogen-bond acceptors (Lipinski definition) is 3. The molecule has 0 radical (unpaired) electrons. The molecule has 1 fully saturated rings. The zero-order chi connectivity index (χ0) is 20.0. The minimum Gasteiger partial charge on any atom is -0.379 e. The van der Waals surface area contributed by atoms with Crippen LogP contribution in [0.15, 0.2) is 30.3 Å². The van der Waals surface area contributed by atoms with Crippen molar-refractivity contribution in [2.24, 2.45) is 0 Å². The normalized spacial score (nSPS) is 17.2. The van der Waals surface area contributed by atoms with Gasteiger partial charge < -0.3 is 10.1 Å². The van der Waals surface area contributed by atoms with Gasteiger partial charge in [0.05, 0.1) is 13.2 Å². The van der Waals surface area contributed by atoms with Crippen LogP contribution in [-0.2, 0) is 9.53 Å². The molecule has 0 spiro atoms. The minimum absolute atomic E-state index is 0.137. The lowest BCUT2D eigenvalue weighted by Crippen LogP contribution is -2.49. The summed E-state index contributed by atoms with van der Waals surface area (Å²) in [6, 6.07) is 10.7. The zero-order valence-corrected chi connectivity index (χ0v) is 18.0. The zero-order valence-electron chi connectivity index (χ0n) is 18.0. The molecule has 28 heavy (non-hydrogen) atoms. The summed E-state index contributed by atoms with van der Waals surface area (Å²) >= 11 is 0. The van der Waals surface area contributed by atoms with Gasteiger partial charge in [-0.05, 0) is 12.0 Å². The van der Waals surface area contributed by atoms with E-state index in [0.717, 1.165) is 39.3 Å². The van der Waals surface area contributed by atoms with Crippen molar-refractivity contribution in [2.75, 3.05) is 32.8 Å². The van der Waals surface area contributed by atoms with Gasteiger partial charge in [0.1, 0.15) is 0 Å². The Morgan fingerprint density at radius 3 is 2.36 bits per heavy atom. The molecule has 1 amide bonds. The van der Waals surface area contributed by atoms with Gasteiger partial charge in [-0.25, -0.2) is 0 Å². The highest BCUT2D eigenvalue weighted by Gasteiger charge is 2.24. The summed E-state index contributed by atoms with van der Waals surface area (Å²) in [5, 5.41) is 3.35. The highest BCUT2D eigenvalue weighted by atomic mass is 16.5. The third-order valence-corrected chi connectivity index (χ3v) is 5.84. The Bertz CT molecular complexity index is 529. The molecule has 2 rings (SSSR count). The average Bonchev–Trinajstić information content (AvgIpc) is 2.73. The van der Waals surface area contributed by atoms with Crippen LogP contribution in [0.4, 0.5) is 0 Å². The van der Waals surface area contributed by atoms with Gasteiger partial charge in [-0.2, -0.15) is 0 Å². The first-order valence-electron chi connectivity index (χ1n) is 11.3. The lowest BCUT2D eigenvalue weighted by atomic mass is 9.92. The van der Waals surface area contributed by atoms with Gasteiger partial charge in [-0.15, -0.1) is 0 Å². The minimum atomic E-state index is 0.137. The van der Waals surface area contributed by atoms with Gasteiger partial charge in [-0.3, -0.25) is 9.69 Å². The van der Waals surface area contributed by atoms with Crippen LogP contribution in [-0.4, -0.2) is 49.7 Å². The summed E-state index contributed by atoms with van der Waals surface area (Å²) in [5.74, 6) is 0.497.